The molecule has 0 saturated heterocycles. The van der Waals surface area contributed by atoms with Gasteiger partial charge in [0, 0.05) is 12.6 Å². The number of amides is 1. The molecule has 1 aromatic rings. The number of aryl methyl sites for hydroxylation is 1. The second-order valence-electron chi connectivity index (χ2n) is 4.81. The van der Waals surface area contributed by atoms with Crippen molar-refractivity contribution in [2.75, 3.05) is 6.54 Å². The van der Waals surface area contributed by atoms with Crippen LogP contribution in [-0.2, 0) is 4.79 Å². The van der Waals surface area contributed by atoms with Gasteiger partial charge in [-0.25, -0.2) is 0 Å². The first-order valence-corrected chi connectivity index (χ1v) is 6.65. The Morgan fingerprint density at radius 1 is 1.22 bits per heavy atom. The molecule has 0 heterocycles. The van der Waals surface area contributed by atoms with Crippen molar-refractivity contribution in [3.63, 3.8) is 0 Å². The van der Waals surface area contributed by atoms with Crippen LogP contribution in [0.1, 0.15) is 44.4 Å². The Morgan fingerprint density at radius 3 is 2.39 bits per heavy atom. The van der Waals surface area contributed by atoms with E-state index in [1.165, 1.54) is 11.1 Å². The third kappa shape index (κ3) is 4.49. The van der Waals surface area contributed by atoms with E-state index in [-0.39, 0.29) is 18.0 Å². The molecular formula is C15H24N2O. The highest BCUT2D eigenvalue weighted by Crippen LogP contribution is 2.13. The fourth-order valence-corrected chi connectivity index (χ4v) is 1.80. The third-order valence-corrected chi connectivity index (χ3v) is 3.02. The van der Waals surface area contributed by atoms with Gasteiger partial charge in [0.25, 0.3) is 0 Å². The van der Waals surface area contributed by atoms with Crippen molar-refractivity contribution in [2.45, 2.75) is 46.2 Å². The molecule has 1 unspecified atom stereocenters. The fourth-order valence-electron chi connectivity index (χ4n) is 1.80. The Hall–Kier alpha value is -1.35. The van der Waals surface area contributed by atoms with Gasteiger partial charge in [-0.2, -0.15) is 0 Å². The maximum absolute atomic E-state index is 11.7. The van der Waals surface area contributed by atoms with E-state index in [2.05, 4.69) is 48.7 Å². The summed E-state index contributed by atoms with van der Waals surface area (Å²) < 4.78 is 0. The average molecular weight is 248 g/mol. The summed E-state index contributed by atoms with van der Waals surface area (Å²) in [4.78, 5) is 11.7. The van der Waals surface area contributed by atoms with E-state index >= 15 is 0 Å². The van der Waals surface area contributed by atoms with Crippen LogP contribution >= 0.6 is 0 Å². The first-order chi connectivity index (χ1) is 8.54. The Morgan fingerprint density at radius 2 is 1.83 bits per heavy atom. The molecule has 1 rings (SSSR count). The van der Waals surface area contributed by atoms with Gasteiger partial charge in [0.15, 0.2) is 0 Å². The molecule has 0 fully saturated rings. The van der Waals surface area contributed by atoms with Gasteiger partial charge in [-0.3, -0.25) is 10.1 Å². The van der Waals surface area contributed by atoms with Crippen molar-refractivity contribution >= 4 is 5.91 Å². The van der Waals surface area contributed by atoms with Crippen LogP contribution in [0.5, 0.6) is 0 Å². The van der Waals surface area contributed by atoms with Gasteiger partial charge < -0.3 is 5.32 Å². The highest BCUT2D eigenvalue weighted by molar-refractivity contribution is 5.81. The maximum Gasteiger partial charge on any atom is 0.236 e. The molecule has 0 spiro atoms. The van der Waals surface area contributed by atoms with Gasteiger partial charge in [0.1, 0.15) is 0 Å². The number of benzene rings is 1. The van der Waals surface area contributed by atoms with E-state index in [1.54, 1.807) is 0 Å². The fraction of sp³-hybridized carbons (Fsp3) is 0.533. The highest BCUT2D eigenvalue weighted by Gasteiger charge is 2.15. The highest BCUT2D eigenvalue weighted by atomic mass is 16.2. The van der Waals surface area contributed by atoms with Gasteiger partial charge in [0.2, 0.25) is 5.91 Å². The summed E-state index contributed by atoms with van der Waals surface area (Å²) in [6.45, 7) is 8.84. The van der Waals surface area contributed by atoms with Crippen LogP contribution in [0.4, 0.5) is 0 Å². The predicted molar refractivity (Wildman–Crippen MR) is 75.5 cm³/mol. The number of carbonyl (C=O) groups excluding carboxylic acids is 1. The van der Waals surface area contributed by atoms with E-state index in [0.29, 0.717) is 0 Å². The summed E-state index contributed by atoms with van der Waals surface area (Å²) in [5.74, 6) is 0.0656. The summed E-state index contributed by atoms with van der Waals surface area (Å²) in [6.07, 6.45) is 0.964. The van der Waals surface area contributed by atoms with Crippen molar-refractivity contribution in [3.8, 4) is 0 Å². The number of nitrogens with one attached hydrogen (secondary N) is 2. The molecule has 0 radical (unpaired) electrons. The minimum absolute atomic E-state index is 0.0656. The second kappa shape index (κ2) is 7.17. The maximum atomic E-state index is 11.7. The summed E-state index contributed by atoms with van der Waals surface area (Å²) in [5, 5.41) is 6.21. The van der Waals surface area contributed by atoms with Crippen LogP contribution in [0.25, 0.3) is 0 Å². The normalized spacial score (nSPS) is 14.0. The smallest absolute Gasteiger partial charge is 0.236 e. The molecule has 0 aliphatic rings. The monoisotopic (exact) mass is 248 g/mol. The van der Waals surface area contributed by atoms with Gasteiger partial charge >= 0.3 is 0 Å². The lowest BCUT2D eigenvalue weighted by Crippen LogP contribution is -2.43. The van der Waals surface area contributed by atoms with E-state index in [0.717, 1.165) is 13.0 Å². The van der Waals surface area contributed by atoms with E-state index in [4.69, 9.17) is 0 Å². The molecule has 1 aromatic carbocycles. The molecule has 0 aliphatic heterocycles. The molecule has 0 bridgehead atoms. The topological polar surface area (TPSA) is 41.1 Å². The van der Waals surface area contributed by atoms with Crippen LogP contribution in [0.3, 0.4) is 0 Å². The quantitative estimate of drug-likeness (QED) is 0.812. The molecule has 18 heavy (non-hydrogen) atoms. The van der Waals surface area contributed by atoms with Crippen LogP contribution in [0.15, 0.2) is 24.3 Å². The first-order valence-electron chi connectivity index (χ1n) is 6.65. The Bertz CT molecular complexity index is 373. The molecule has 2 N–H and O–H groups in total. The lowest BCUT2D eigenvalue weighted by molar-refractivity contribution is -0.122. The van der Waals surface area contributed by atoms with Crippen molar-refractivity contribution in [1.82, 2.24) is 10.6 Å². The summed E-state index contributed by atoms with van der Waals surface area (Å²) in [5.41, 5.74) is 2.45. The Labute approximate surface area is 110 Å². The molecule has 3 heteroatoms. The third-order valence-electron chi connectivity index (χ3n) is 3.02. The predicted octanol–water partition coefficient (Wildman–Crippen LogP) is 2.56. The Kier molecular flexibility index (Phi) is 5.86. The van der Waals surface area contributed by atoms with Gasteiger partial charge in [-0.15, -0.1) is 0 Å². The van der Waals surface area contributed by atoms with Crippen LogP contribution in [0, 0.1) is 6.92 Å². The van der Waals surface area contributed by atoms with E-state index in [9.17, 15) is 4.79 Å². The van der Waals surface area contributed by atoms with Crippen LogP contribution < -0.4 is 10.6 Å². The summed E-state index contributed by atoms with van der Waals surface area (Å²) >= 11 is 0. The van der Waals surface area contributed by atoms with Gasteiger partial charge in [-0.05, 0) is 32.8 Å². The number of carbonyl (C=O) groups is 1. The molecular weight excluding hydrogens is 224 g/mol. The van der Waals surface area contributed by atoms with E-state index in [1.807, 2.05) is 13.8 Å². The lowest BCUT2D eigenvalue weighted by Gasteiger charge is -2.20. The van der Waals surface area contributed by atoms with Gasteiger partial charge in [0.05, 0.1) is 6.04 Å². The standard InChI is InChI=1S/C15H24N2O/c1-5-10-16-15(18)13(4)17-12(3)14-8-6-11(2)7-9-14/h6-9,12-13,17H,5,10H2,1-4H3,(H,16,18)/t12-,13?/m1/s1. The van der Waals surface area contributed by atoms with Gasteiger partial charge in [-0.1, -0.05) is 36.8 Å². The lowest BCUT2D eigenvalue weighted by atomic mass is 10.1. The van der Waals surface area contributed by atoms with E-state index < -0.39 is 0 Å². The van der Waals surface area contributed by atoms with Crippen molar-refractivity contribution < 1.29 is 4.79 Å². The van der Waals surface area contributed by atoms with Crippen molar-refractivity contribution in [2.24, 2.45) is 0 Å². The molecule has 2 atom stereocenters. The van der Waals surface area contributed by atoms with Crippen LogP contribution in [-0.4, -0.2) is 18.5 Å². The number of hydrogen-bond acceptors (Lipinski definition) is 2. The van der Waals surface area contributed by atoms with Crippen molar-refractivity contribution in [3.05, 3.63) is 35.4 Å². The average Bonchev–Trinajstić information content (AvgIpc) is 2.36. The number of hydrogen-bond donors (Lipinski definition) is 2. The summed E-state index contributed by atoms with van der Waals surface area (Å²) in [6, 6.07) is 8.39. The molecule has 1 amide bonds. The minimum atomic E-state index is -0.173. The Balaban J connectivity index is 2.50. The summed E-state index contributed by atoms with van der Waals surface area (Å²) in [7, 11) is 0. The zero-order valence-corrected chi connectivity index (χ0v) is 11.8. The molecule has 100 valence electrons. The molecule has 0 saturated carbocycles. The number of rotatable bonds is 6. The zero-order chi connectivity index (χ0) is 13.5. The SMILES string of the molecule is CCCNC(=O)C(C)N[C@H](C)c1ccc(C)cc1. The molecule has 0 aliphatic carbocycles. The zero-order valence-electron chi connectivity index (χ0n) is 11.8. The largest absolute Gasteiger partial charge is 0.355 e. The molecule has 0 aromatic heterocycles. The second-order valence-corrected chi connectivity index (χ2v) is 4.81. The van der Waals surface area contributed by atoms with Crippen LogP contribution in [0.2, 0.25) is 0 Å². The molecule has 3 nitrogen and oxygen atoms in total. The first kappa shape index (κ1) is 14.7. The minimum Gasteiger partial charge on any atom is -0.355 e. The van der Waals surface area contributed by atoms with Crippen molar-refractivity contribution in [1.29, 1.82) is 0 Å².